The Hall–Kier alpha value is -2.55. The molecule has 3 aromatic rings. The zero-order chi connectivity index (χ0) is 15.7. The Kier molecular flexibility index (Phi) is 3.49. The minimum absolute atomic E-state index is 0.361. The first-order chi connectivity index (χ1) is 10.4. The molecule has 0 N–H and O–H groups in total. The summed E-state index contributed by atoms with van der Waals surface area (Å²) in [4.78, 5) is 11.8. The second-order valence-corrected chi connectivity index (χ2v) is 6.19. The molecule has 3 nitrogen and oxygen atoms in total. The smallest absolute Gasteiger partial charge is 0.331 e. The number of hydrogen-bond donors (Lipinski definition) is 0. The Bertz CT molecular complexity index is 863. The number of ether oxygens (including phenoxy) is 1. The molecule has 0 aliphatic heterocycles. The van der Waals surface area contributed by atoms with E-state index in [9.17, 15) is 4.79 Å². The van der Waals surface area contributed by atoms with Crippen LogP contribution in [0.4, 0.5) is 0 Å². The molecule has 112 valence electrons. The second kappa shape index (κ2) is 5.34. The predicted octanol–water partition coefficient (Wildman–Crippen LogP) is 4.94. The molecule has 3 rings (SSSR count). The van der Waals surface area contributed by atoms with Gasteiger partial charge in [-0.2, -0.15) is 0 Å². The van der Waals surface area contributed by atoms with Gasteiger partial charge in [0.1, 0.15) is 16.8 Å². The minimum Gasteiger partial charge on any atom is -0.457 e. The number of rotatable bonds is 2. The minimum atomic E-state index is -0.493. The zero-order valence-corrected chi connectivity index (χ0v) is 12.9. The third kappa shape index (κ3) is 2.89. The fourth-order valence-electron chi connectivity index (χ4n) is 2.39. The Morgan fingerprint density at radius 1 is 1.05 bits per heavy atom. The quantitative estimate of drug-likeness (QED) is 0.496. The van der Waals surface area contributed by atoms with Gasteiger partial charge in [0, 0.05) is 22.4 Å². The normalized spacial score (nSPS) is 12.3. The highest BCUT2D eigenvalue weighted by molar-refractivity contribution is 6.07. The third-order valence-electron chi connectivity index (χ3n) is 3.24. The first kappa shape index (κ1) is 14.4. The van der Waals surface area contributed by atoms with Gasteiger partial charge in [-0.05, 0) is 32.9 Å². The lowest BCUT2D eigenvalue weighted by Gasteiger charge is -2.17. The van der Waals surface area contributed by atoms with Gasteiger partial charge in [0.25, 0.3) is 0 Å². The van der Waals surface area contributed by atoms with Gasteiger partial charge in [0.15, 0.2) is 0 Å². The maximum atomic E-state index is 11.8. The van der Waals surface area contributed by atoms with Gasteiger partial charge < -0.3 is 9.15 Å². The summed E-state index contributed by atoms with van der Waals surface area (Å²) in [7, 11) is 0. The van der Waals surface area contributed by atoms with Crippen LogP contribution in [0, 0.1) is 0 Å². The predicted molar refractivity (Wildman–Crippen MR) is 88.6 cm³/mol. The molecule has 0 bridgehead atoms. The van der Waals surface area contributed by atoms with Crippen LogP contribution in [0.1, 0.15) is 26.3 Å². The number of fused-ring (bicyclic) bond motifs is 3. The van der Waals surface area contributed by atoms with Crippen LogP contribution in [0.15, 0.2) is 53.0 Å². The van der Waals surface area contributed by atoms with Crippen LogP contribution in [0.5, 0.6) is 0 Å². The van der Waals surface area contributed by atoms with Gasteiger partial charge in [-0.1, -0.05) is 36.4 Å². The van der Waals surface area contributed by atoms with Crippen molar-refractivity contribution in [3.63, 3.8) is 0 Å². The first-order valence-electron chi connectivity index (χ1n) is 7.25. The lowest BCUT2D eigenvalue weighted by Crippen LogP contribution is -2.22. The highest BCUT2D eigenvalue weighted by atomic mass is 16.6. The Morgan fingerprint density at radius 3 is 2.55 bits per heavy atom. The largest absolute Gasteiger partial charge is 0.457 e. The highest BCUT2D eigenvalue weighted by Gasteiger charge is 2.14. The van der Waals surface area contributed by atoms with Crippen molar-refractivity contribution in [2.45, 2.75) is 26.4 Å². The molecular weight excluding hydrogens is 276 g/mol. The first-order valence-corrected chi connectivity index (χ1v) is 7.25. The molecule has 0 amide bonds. The van der Waals surface area contributed by atoms with Crippen molar-refractivity contribution < 1.29 is 13.9 Å². The summed E-state index contributed by atoms with van der Waals surface area (Å²) in [5.41, 5.74) is 1.99. The van der Waals surface area contributed by atoms with E-state index in [1.54, 1.807) is 6.08 Å². The van der Waals surface area contributed by atoms with E-state index in [0.717, 1.165) is 27.5 Å². The summed E-state index contributed by atoms with van der Waals surface area (Å²) in [5.74, 6) is -0.361. The van der Waals surface area contributed by atoms with Gasteiger partial charge in [-0.25, -0.2) is 4.79 Å². The number of furan rings is 1. The fourth-order valence-corrected chi connectivity index (χ4v) is 2.39. The average molecular weight is 294 g/mol. The summed E-state index contributed by atoms with van der Waals surface area (Å²) in [5, 5.41) is 2.12. The topological polar surface area (TPSA) is 39.4 Å². The average Bonchev–Trinajstić information content (AvgIpc) is 2.82. The summed E-state index contributed by atoms with van der Waals surface area (Å²) >= 11 is 0. The standard InChI is InChI=1S/C19H18O3/c1-19(2,3)22-17(20)12-11-13-7-6-9-15-14-8-4-5-10-16(14)21-18(13)15/h4-12H,1-3H3/b12-11+. The van der Waals surface area contributed by atoms with Crippen molar-refractivity contribution in [3.8, 4) is 0 Å². The van der Waals surface area contributed by atoms with Crippen molar-refractivity contribution in [1.29, 1.82) is 0 Å². The van der Waals surface area contributed by atoms with E-state index in [1.807, 2.05) is 63.2 Å². The molecule has 22 heavy (non-hydrogen) atoms. The van der Waals surface area contributed by atoms with Crippen molar-refractivity contribution in [2.24, 2.45) is 0 Å². The Morgan fingerprint density at radius 2 is 1.77 bits per heavy atom. The number of esters is 1. The van der Waals surface area contributed by atoms with Crippen LogP contribution in [0.3, 0.4) is 0 Å². The number of carbonyl (C=O) groups is 1. The van der Waals surface area contributed by atoms with E-state index < -0.39 is 5.60 Å². The molecule has 3 heteroatoms. The molecule has 0 fully saturated rings. The van der Waals surface area contributed by atoms with Gasteiger partial charge in [0.05, 0.1) is 0 Å². The fraction of sp³-hybridized carbons (Fsp3) is 0.211. The molecule has 0 atom stereocenters. The van der Waals surface area contributed by atoms with E-state index in [0.29, 0.717) is 0 Å². The molecule has 0 aliphatic rings. The van der Waals surface area contributed by atoms with E-state index in [4.69, 9.17) is 9.15 Å². The Labute approximate surface area is 129 Å². The maximum Gasteiger partial charge on any atom is 0.331 e. The number of carbonyl (C=O) groups excluding carboxylic acids is 1. The zero-order valence-electron chi connectivity index (χ0n) is 12.9. The molecule has 0 saturated heterocycles. The van der Waals surface area contributed by atoms with Crippen molar-refractivity contribution >= 4 is 34.0 Å². The van der Waals surface area contributed by atoms with Gasteiger partial charge in [-0.3, -0.25) is 0 Å². The van der Waals surface area contributed by atoms with Crippen molar-refractivity contribution in [3.05, 3.63) is 54.1 Å². The maximum absolute atomic E-state index is 11.8. The summed E-state index contributed by atoms with van der Waals surface area (Å²) in [6.45, 7) is 5.54. The van der Waals surface area contributed by atoms with E-state index in [1.165, 1.54) is 6.08 Å². The molecule has 0 radical (unpaired) electrons. The van der Waals surface area contributed by atoms with E-state index in [2.05, 4.69) is 0 Å². The lowest BCUT2D eigenvalue weighted by atomic mass is 10.1. The highest BCUT2D eigenvalue weighted by Crippen LogP contribution is 2.31. The summed E-state index contributed by atoms with van der Waals surface area (Å²) in [6, 6.07) is 13.8. The van der Waals surface area contributed by atoms with Crippen LogP contribution in [0.2, 0.25) is 0 Å². The molecule has 2 aromatic carbocycles. The summed E-state index contributed by atoms with van der Waals surface area (Å²) < 4.78 is 11.2. The van der Waals surface area contributed by atoms with Crippen LogP contribution < -0.4 is 0 Å². The Balaban J connectivity index is 1.99. The van der Waals surface area contributed by atoms with Crippen LogP contribution >= 0.6 is 0 Å². The van der Waals surface area contributed by atoms with E-state index >= 15 is 0 Å². The second-order valence-electron chi connectivity index (χ2n) is 6.19. The monoisotopic (exact) mass is 294 g/mol. The number of benzene rings is 2. The molecule has 1 aromatic heterocycles. The third-order valence-corrected chi connectivity index (χ3v) is 3.24. The van der Waals surface area contributed by atoms with Gasteiger partial charge in [0.2, 0.25) is 0 Å². The number of para-hydroxylation sites is 2. The molecule has 1 heterocycles. The van der Waals surface area contributed by atoms with Gasteiger partial charge in [-0.15, -0.1) is 0 Å². The number of hydrogen-bond acceptors (Lipinski definition) is 3. The van der Waals surface area contributed by atoms with Gasteiger partial charge >= 0.3 is 5.97 Å². The molecular formula is C19H18O3. The van der Waals surface area contributed by atoms with Crippen LogP contribution in [-0.4, -0.2) is 11.6 Å². The van der Waals surface area contributed by atoms with Crippen molar-refractivity contribution in [1.82, 2.24) is 0 Å². The SMILES string of the molecule is CC(C)(C)OC(=O)/C=C/c1cccc2c1oc1ccccc12. The molecule has 0 saturated carbocycles. The van der Waals surface area contributed by atoms with Crippen LogP contribution in [0.25, 0.3) is 28.0 Å². The van der Waals surface area contributed by atoms with E-state index in [-0.39, 0.29) is 5.97 Å². The lowest BCUT2D eigenvalue weighted by molar-refractivity contribution is -0.148. The van der Waals surface area contributed by atoms with Crippen LogP contribution in [-0.2, 0) is 9.53 Å². The molecule has 0 spiro atoms. The molecule has 0 aliphatic carbocycles. The van der Waals surface area contributed by atoms with Crippen molar-refractivity contribution in [2.75, 3.05) is 0 Å². The summed E-state index contributed by atoms with van der Waals surface area (Å²) in [6.07, 6.45) is 3.17. The molecule has 0 unspecified atom stereocenters.